The highest BCUT2D eigenvalue weighted by molar-refractivity contribution is 5.96. The molecule has 7 heteroatoms. The highest BCUT2D eigenvalue weighted by atomic mass is 16.5. The van der Waals surface area contributed by atoms with Crippen LogP contribution >= 0.6 is 0 Å². The minimum Gasteiger partial charge on any atom is -0.497 e. The first-order valence-corrected chi connectivity index (χ1v) is 8.95. The molecule has 2 aromatic rings. The number of carbonyl (C=O) groups excluding carboxylic acids is 2. The fourth-order valence-electron chi connectivity index (χ4n) is 2.62. The maximum Gasteiger partial charge on any atom is 0.241 e. The van der Waals surface area contributed by atoms with E-state index in [-0.39, 0.29) is 18.4 Å². The van der Waals surface area contributed by atoms with Gasteiger partial charge < -0.3 is 15.4 Å². The number of hydrogen-bond donors (Lipinski definition) is 2. The van der Waals surface area contributed by atoms with Crippen molar-refractivity contribution in [2.75, 3.05) is 30.8 Å². The second kappa shape index (κ2) is 10.1. The van der Waals surface area contributed by atoms with Crippen molar-refractivity contribution in [2.24, 2.45) is 0 Å². The van der Waals surface area contributed by atoms with E-state index < -0.39 is 6.04 Å². The van der Waals surface area contributed by atoms with Gasteiger partial charge in [-0.1, -0.05) is 6.92 Å². The van der Waals surface area contributed by atoms with Gasteiger partial charge in [-0.3, -0.25) is 14.5 Å². The maximum atomic E-state index is 12.5. The molecule has 2 amide bonds. The lowest BCUT2D eigenvalue weighted by atomic mass is 10.2. The van der Waals surface area contributed by atoms with Crippen LogP contribution in [-0.2, 0) is 9.59 Å². The number of methoxy groups -OCH3 is 1. The third-order valence-electron chi connectivity index (χ3n) is 4.34. The summed E-state index contributed by atoms with van der Waals surface area (Å²) in [7, 11) is 1.58. The highest BCUT2D eigenvalue weighted by Crippen LogP contribution is 2.15. The summed E-state index contributed by atoms with van der Waals surface area (Å²) in [5.74, 6) is 0.287. The Kier molecular flexibility index (Phi) is 7.55. The lowest BCUT2D eigenvalue weighted by Gasteiger charge is -2.26. The molecule has 0 bridgehead atoms. The van der Waals surface area contributed by atoms with Crippen LogP contribution in [0.25, 0.3) is 0 Å². The Balaban J connectivity index is 1.93. The van der Waals surface area contributed by atoms with Crippen LogP contribution < -0.4 is 15.4 Å². The fraction of sp³-hybridized carbons (Fsp3) is 0.286. The molecule has 146 valence electrons. The van der Waals surface area contributed by atoms with Crippen LogP contribution in [0.1, 0.15) is 19.4 Å². The van der Waals surface area contributed by atoms with Crippen LogP contribution in [-0.4, -0.2) is 43.0 Å². The zero-order valence-corrected chi connectivity index (χ0v) is 16.2. The van der Waals surface area contributed by atoms with E-state index >= 15 is 0 Å². The van der Waals surface area contributed by atoms with Crippen LogP contribution in [0.5, 0.6) is 5.75 Å². The molecule has 0 fully saturated rings. The van der Waals surface area contributed by atoms with Gasteiger partial charge in [0.25, 0.3) is 0 Å². The van der Waals surface area contributed by atoms with Crippen LogP contribution in [0.4, 0.5) is 11.4 Å². The van der Waals surface area contributed by atoms with Gasteiger partial charge in [0.2, 0.25) is 11.8 Å². The summed E-state index contributed by atoms with van der Waals surface area (Å²) in [4.78, 5) is 26.6. The second-order valence-corrected chi connectivity index (χ2v) is 6.19. The number of nitriles is 1. The van der Waals surface area contributed by atoms with Gasteiger partial charge in [-0.25, -0.2) is 0 Å². The summed E-state index contributed by atoms with van der Waals surface area (Å²) in [5.41, 5.74) is 1.79. The molecule has 0 saturated carbocycles. The summed E-state index contributed by atoms with van der Waals surface area (Å²) in [6.45, 7) is 4.28. The average molecular weight is 380 g/mol. The molecule has 2 aromatic carbocycles. The Morgan fingerprint density at radius 1 is 1.07 bits per heavy atom. The van der Waals surface area contributed by atoms with Crippen LogP contribution in [0.3, 0.4) is 0 Å². The maximum absolute atomic E-state index is 12.5. The monoisotopic (exact) mass is 380 g/mol. The van der Waals surface area contributed by atoms with E-state index in [4.69, 9.17) is 10.00 Å². The van der Waals surface area contributed by atoms with Gasteiger partial charge in [-0.15, -0.1) is 0 Å². The smallest absolute Gasteiger partial charge is 0.241 e. The Bertz CT molecular complexity index is 841. The molecule has 0 unspecified atom stereocenters. The van der Waals surface area contributed by atoms with Gasteiger partial charge >= 0.3 is 0 Å². The van der Waals surface area contributed by atoms with E-state index in [1.54, 1.807) is 67.5 Å². The van der Waals surface area contributed by atoms with Crippen molar-refractivity contribution in [1.29, 1.82) is 5.26 Å². The number of carbonyl (C=O) groups is 2. The predicted octanol–water partition coefficient (Wildman–Crippen LogP) is 2.85. The number of rotatable bonds is 8. The van der Waals surface area contributed by atoms with Crippen LogP contribution in [0, 0.1) is 11.3 Å². The molecular formula is C21H24N4O3. The third-order valence-corrected chi connectivity index (χ3v) is 4.34. The highest BCUT2D eigenvalue weighted by Gasteiger charge is 2.22. The number of amides is 2. The lowest BCUT2D eigenvalue weighted by Crippen LogP contribution is -2.45. The number of ether oxygens (including phenoxy) is 1. The van der Waals surface area contributed by atoms with Crippen molar-refractivity contribution < 1.29 is 14.3 Å². The van der Waals surface area contributed by atoms with Gasteiger partial charge in [0.15, 0.2) is 0 Å². The van der Waals surface area contributed by atoms with E-state index in [2.05, 4.69) is 10.6 Å². The van der Waals surface area contributed by atoms with Crippen molar-refractivity contribution in [3.8, 4) is 11.8 Å². The molecule has 7 nitrogen and oxygen atoms in total. The summed E-state index contributed by atoms with van der Waals surface area (Å²) < 4.78 is 5.09. The molecule has 0 aliphatic carbocycles. The third kappa shape index (κ3) is 5.83. The molecule has 2 N–H and O–H groups in total. The first-order valence-electron chi connectivity index (χ1n) is 8.95. The van der Waals surface area contributed by atoms with E-state index in [0.29, 0.717) is 29.2 Å². The molecule has 2 rings (SSSR count). The zero-order chi connectivity index (χ0) is 20.5. The van der Waals surface area contributed by atoms with Crippen molar-refractivity contribution >= 4 is 23.2 Å². The summed E-state index contributed by atoms with van der Waals surface area (Å²) in [6.07, 6.45) is 0. The average Bonchev–Trinajstić information content (AvgIpc) is 2.72. The second-order valence-electron chi connectivity index (χ2n) is 6.19. The van der Waals surface area contributed by atoms with Gasteiger partial charge in [0.1, 0.15) is 5.75 Å². The molecule has 0 spiro atoms. The van der Waals surface area contributed by atoms with E-state index in [9.17, 15) is 9.59 Å². The molecule has 28 heavy (non-hydrogen) atoms. The molecule has 0 saturated heterocycles. The zero-order valence-electron chi connectivity index (χ0n) is 16.2. The first-order chi connectivity index (χ1) is 13.5. The minimum atomic E-state index is -0.498. The minimum absolute atomic E-state index is 0.0878. The van der Waals surface area contributed by atoms with Gasteiger partial charge in [-0.05, 0) is 62.0 Å². The fourth-order valence-corrected chi connectivity index (χ4v) is 2.62. The van der Waals surface area contributed by atoms with E-state index in [0.717, 1.165) is 0 Å². The van der Waals surface area contributed by atoms with Gasteiger partial charge in [-0.2, -0.15) is 5.26 Å². The Labute approximate surface area is 164 Å². The van der Waals surface area contributed by atoms with Crippen molar-refractivity contribution in [1.82, 2.24) is 4.90 Å². The van der Waals surface area contributed by atoms with Crippen LogP contribution in [0.2, 0.25) is 0 Å². The molecule has 0 aliphatic heterocycles. The first kappa shape index (κ1) is 20.9. The summed E-state index contributed by atoms with van der Waals surface area (Å²) >= 11 is 0. The van der Waals surface area contributed by atoms with Gasteiger partial charge in [0.05, 0.1) is 31.3 Å². The van der Waals surface area contributed by atoms with Crippen molar-refractivity contribution in [3.63, 3.8) is 0 Å². The number of benzene rings is 2. The largest absolute Gasteiger partial charge is 0.497 e. The Morgan fingerprint density at radius 3 is 2.18 bits per heavy atom. The predicted molar refractivity (Wildman–Crippen MR) is 108 cm³/mol. The van der Waals surface area contributed by atoms with E-state index in [1.165, 1.54) is 0 Å². The molecule has 0 aliphatic rings. The molecule has 0 heterocycles. The number of nitrogens with one attached hydrogen (secondary N) is 2. The number of anilines is 2. The Morgan fingerprint density at radius 2 is 1.64 bits per heavy atom. The molecular weight excluding hydrogens is 356 g/mol. The van der Waals surface area contributed by atoms with Crippen molar-refractivity contribution in [3.05, 3.63) is 54.1 Å². The molecule has 1 atom stereocenters. The van der Waals surface area contributed by atoms with Crippen molar-refractivity contribution in [2.45, 2.75) is 19.9 Å². The van der Waals surface area contributed by atoms with E-state index in [1.807, 2.05) is 13.0 Å². The van der Waals surface area contributed by atoms with Gasteiger partial charge in [0, 0.05) is 11.4 Å². The quantitative estimate of drug-likeness (QED) is 0.734. The summed E-state index contributed by atoms with van der Waals surface area (Å²) in [6, 6.07) is 15.2. The molecule has 0 aromatic heterocycles. The normalized spacial score (nSPS) is 11.4. The topological polar surface area (TPSA) is 94.5 Å². The number of hydrogen-bond acceptors (Lipinski definition) is 5. The standard InChI is InChI=1S/C21H24N4O3/c1-4-25(14-20(26)23-17-9-11-19(28-3)12-10-17)15(2)21(27)24-18-7-5-16(13-22)6-8-18/h5-12,15H,4,14H2,1-3H3,(H,23,26)(H,24,27)/t15-/m0/s1. The Hall–Kier alpha value is -3.37. The lowest BCUT2D eigenvalue weighted by molar-refractivity contribution is -0.123. The summed E-state index contributed by atoms with van der Waals surface area (Å²) in [5, 5.41) is 14.5. The number of likely N-dealkylation sites (N-methyl/N-ethyl adjacent to an activating group) is 1. The van der Waals surface area contributed by atoms with Crippen LogP contribution in [0.15, 0.2) is 48.5 Å². The molecule has 0 radical (unpaired) electrons. The SMILES string of the molecule is CCN(CC(=O)Nc1ccc(OC)cc1)[C@@H](C)C(=O)Nc1ccc(C#N)cc1. The number of nitrogens with zero attached hydrogens (tertiary/aromatic N) is 2.